The van der Waals surface area contributed by atoms with Crippen molar-refractivity contribution in [2.75, 3.05) is 13.7 Å². The van der Waals surface area contributed by atoms with Crippen LogP contribution in [0.25, 0.3) is 0 Å². The van der Waals surface area contributed by atoms with Crippen LogP contribution in [-0.4, -0.2) is 25.5 Å². The molecule has 3 nitrogen and oxygen atoms in total. The van der Waals surface area contributed by atoms with Gasteiger partial charge in [-0.15, -0.1) is 0 Å². The number of alkyl halides is 2. The minimum absolute atomic E-state index is 0.956. The monoisotopic (exact) mass is 139 g/mol. The summed E-state index contributed by atoms with van der Waals surface area (Å²) in [6, 6.07) is 0. The fraction of sp³-hybridized carbons (Fsp3) is 0.750. The molecule has 0 aromatic rings. The summed E-state index contributed by atoms with van der Waals surface area (Å²) in [7, 11) is 1.07. The van der Waals surface area contributed by atoms with Gasteiger partial charge in [-0.05, 0) is 0 Å². The molecule has 54 valence electrons. The van der Waals surface area contributed by atoms with E-state index < -0.39 is 18.4 Å². The number of hydrogen-bond donors (Lipinski definition) is 1. The summed E-state index contributed by atoms with van der Waals surface area (Å²) in [6.45, 7) is -0.956. The van der Waals surface area contributed by atoms with Crippen molar-refractivity contribution in [1.82, 2.24) is 0 Å². The van der Waals surface area contributed by atoms with Crippen LogP contribution in [-0.2, 0) is 9.53 Å². The first-order valence-corrected chi connectivity index (χ1v) is 2.17. The molecule has 0 aromatic heterocycles. The number of amides is 1. The van der Waals surface area contributed by atoms with Crippen LogP contribution in [0.15, 0.2) is 0 Å². The van der Waals surface area contributed by atoms with E-state index in [1.54, 1.807) is 0 Å². The lowest BCUT2D eigenvalue weighted by molar-refractivity contribution is -0.149. The summed E-state index contributed by atoms with van der Waals surface area (Å²) >= 11 is 0. The number of nitrogens with two attached hydrogens (primary N) is 1. The summed E-state index contributed by atoms with van der Waals surface area (Å²) in [4.78, 5) is 9.80. The Morgan fingerprint density at radius 3 is 2.33 bits per heavy atom. The molecule has 1 amide bonds. The Kier molecular flexibility index (Phi) is 2.51. The molecule has 0 unspecified atom stereocenters. The van der Waals surface area contributed by atoms with Gasteiger partial charge in [-0.3, -0.25) is 4.79 Å². The van der Waals surface area contributed by atoms with E-state index in [1.165, 1.54) is 0 Å². The zero-order valence-corrected chi connectivity index (χ0v) is 4.86. The highest BCUT2D eigenvalue weighted by molar-refractivity contribution is 5.81. The van der Waals surface area contributed by atoms with Crippen LogP contribution in [0.1, 0.15) is 0 Å². The summed E-state index contributed by atoms with van der Waals surface area (Å²) < 4.78 is 27.9. The molecule has 0 aliphatic carbocycles. The van der Waals surface area contributed by atoms with Gasteiger partial charge in [0.25, 0.3) is 5.91 Å². The fourth-order valence-corrected chi connectivity index (χ4v) is 0.252. The normalized spacial score (nSPS) is 11.4. The van der Waals surface area contributed by atoms with Crippen LogP contribution in [0, 0.1) is 0 Å². The van der Waals surface area contributed by atoms with Gasteiger partial charge in [0.15, 0.2) is 0 Å². The van der Waals surface area contributed by atoms with E-state index in [2.05, 4.69) is 10.5 Å². The van der Waals surface area contributed by atoms with E-state index in [4.69, 9.17) is 0 Å². The second kappa shape index (κ2) is 2.72. The molecular weight excluding hydrogens is 132 g/mol. The number of hydrogen-bond acceptors (Lipinski definition) is 2. The summed E-state index contributed by atoms with van der Waals surface area (Å²) in [5.41, 5.74) is 4.29. The largest absolute Gasteiger partial charge is 0.378 e. The minimum Gasteiger partial charge on any atom is -0.378 e. The van der Waals surface area contributed by atoms with Crippen molar-refractivity contribution in [2.45, 2.75) is 5.92 Å². The molecule has 0 aliphatic rings. The molecule has 0 rings (SSSR count). The fourth-order valence-electron chi connectivity index (χ4n) is 0.252. The maximum Gasteiger partial charge on any atom is 0.346 e. The number of ether oxygens (including phenoxy) is 1. The van der Waals surface area contributed by atoms with Crippen LogP contribution >= 0.6 is 0 Å². The molecule has 0 heterocycles. The lowest BCUT2D eigenvalue weighted by Gasteiger charge is -2.08. The highest BCUT2D eigenvalue weighted by Crippen LogP contribution is 2.11. The van der Waals surface area contributed by atoms with Crippen molar-refractivity contribution in [3.63, 3.8) is 0 Å². The zero-order chi connectivity index (χ0) is 7.49. The van der Waals surface area contributed by atoms with Crippen molar-refractivity contribution in [3.8, 4) is 0 Å². The predicted octanol–water partition coefficient (Wildman–Crippen LogP) is -0.247. The molecule has 2 N–H and O–H groups in total. The van der Waals surface area contributed by atoms with Crippen LogP contribution in [0.3, 0.4) is 0 Å². The molecule has 0 aliphatic heterocycles. The van der Waals surface area contributed by atoms with E-state index in [-0.39, 0.29) is 0 Å². The van der Waals surface area contributed by atoms with Gasteiger partial charge in [0.2, 0.25) is 0 Å². The zero-order valence-electron chi connectivity index (χ0n) is 4.86. The Morgan fingerprint density at radius 1 is 1.78 bits per heavy atom. The van der Waals surface area contributed by atoms with E-state index in [9.17, 15) is 13.6 Å². The van der Waals surface area contributed by atoms with Crippen LogP contribution in [0.2, 0.25) is 0 Å². The second-order valence-corrected chi connectivity index (χ2v) is 1.50. The van der Waals surface area contributed by atoms with E-state index in [0.717, 1.165) is 7.11 Å². The molecule has 5 heteroatoms. The maximum atomic E-state index is 11.9. The molecule has 0 fully saturated rings. The molecule has 0 saturated carbocycles. The Hall–Kier alpha value is -0.710. The average Bonchev–Trinajstić information content (AvgIpc) is 1.65. The Balaban J connectivity index is 3.85. The number of halogens is 2. The summed E-state index contributed by atoms with van der Waals surface area (Å²) in [5, 5.41) is 0. The lowest BCUT2D eigenvalue weighted by Crippen LogP contribution is -2.39. The lowest BCUT2D eigenvalue weighted by atomic mass is 10.3. The number of carbonyl (C=O) groups is 1. The topological polar surface area (TPSA) is 52.3 Å². The average molecular weight is 139 g/mol. The SMILES string of the molecule is COCC(F)(F)C(N)=O. The van der Waals surface area contributed by atoms with Gasteiger partial charge in [-0.1, -0.05) is 0 Å². The van der Waals surface area contributed by atoms with Crippen LogP contribution in [0.4, 0.5) is 8.78 Å². The summed E-state index contributed by atoms with van der Waals surface area (Å²) in [6.07, 6.45) is 0. The first kappa shape index (κ1) is 8.29. The molecule has 0 spiro atoms. The third-order valence-electron chi connectivity index (χ3n) is 0.686. The van der Waals surface area contributed by atoms with E-state index >= 15 is 0 Å². The number of carbonyl (C=O) groups excluding carboxylic acids is 1. The third-order valence-corrected chi connectivity index (χ3v) is 0.686. The van der Waals surface area contributed by atoms with Crippen molar-refractivity contribution < 1.29 is 18.3 Å². The van der Waals surface area contributed by atoms with Gasteiger partial charge in [-0.25, -0.2) is 0 Å². The standard InChI is InChI=1S/C4H7F2NO2/c1-9-2-4(5,6)3(7)8/h2H2,1H3,(H2,7,8). The third kappa shape index (κ3) is 2.36. The number of methoxy groups -OCH3 is 1. The van der Waals surface area contributed by atoms with Crippen molar-refractivity contribution in [1.29, 1.82) is 0 Å². The quantitative estimate of drug-likeness (QED) is 0.586. The summed E-state index contributed by atoms with van der Waals surface area (Å²) in [5.74, 6) is -5.20. The van der Waals surface area contributed by atoms with Gasteiger partial charge in [-0.2, -0.15) is 8.78 Å². The van der Waals surface area contributed by atoms with E-state index in [0.29, 0.717) is 0 Å². The second-order valence-electron chi connectivity index (χ2n) is 1.50. The first-order valence-electron chi connectivity index (χ1n) is 2.17. The Bertz CT molecular complexity index is 115. The molecule has 9 heavy (non-hydrogen) atoms. The smallest absolute Gasteiger partial charge is 0.346 e. The Morgan fingerprint density at radius 2 is 2.22 bits per heavy atom. The van der Waals surface area contributed by atoms with Gasteiger partial charge < -0.3 is 10.5 Å². The van der Waals surface area contributed by atoms with Gasteiger partial charge in [0, 0.05) is 7.11 Å². The van der Waals surface area contributed by atoms with E-state index in [1.807, 2.05) is 0 Å². The Labute approximate surface area is 50.8 Å². The molecular formula is C4H7F2NO2. The highest BCUT2D eigenvalue weighted by Gasteiger charge is 2.36. The number of primary amides is 1. The minimum atomic E-state index is -3.53. The van der Waals surface area contributed by atoms with Gasteiger partial charge >= 0.3 is 5.92 Å². The highest BCUT2D eigenvalue weighted by atomic mass is 19.3. The molecule has 0 radical (unpaired) electrons. The van der Waals surface area contributed by atoms with Crippen LogP contribution < -0.4 is 5.73 Å². The van der Waals surface area contributed by atoms with Crippen LogP contribution in [0.5, 0.6) is 0 Å². The molecule has 0 atom stereocenters. The van der Waals surface area contributed by atoms with Crippen molar-refractivity contribution in [2.24, 2.45) is 5.73 Å². The first-order chi connectivity index (χ1) is 4.00. The predicted molar refractivity (Wildman–Crippen MR) is 26.0 cm³/mol. The number of rotatable bonds is 3. The van der Waals surface area contributed by atoms with Gasteiger partial charge in [0.05, 0.1) is 0 Å². The molecule has 0 bridgehead atoms. The molecule has 0 aromatic carbocycles. The van der Waals surface area contributed by atoms with Crippen molar-refractivity contribution in [3.05, 3.63) is 0 Å². The maximum absolute atomic E-state index is 11.9. The van der Waals surface area contributed by atoms with Gasteiger partial charge in [0.1, 0.15) is 6.61 Å². The molecule has 0 saturated heterocycles. The van der Waals surface area contributed by atoms with Crippen molar-refractivity contribution >= 4 is 5.91 Å².